The highest BCUT2D eigenvalue weighted by molar-refractivity contribution is 8.03. The number of nitrogens with zero attached hydrogens (tertiary/aromatic N) is 3. The summed E-state index contributed by atoms with van der Waals surface area (Å²) in [6.45, 7) is 0. The fourth-order valence-corrected chi connectivity index (χ4v) is 4.44. The Bertz CT molecular complexity index is 1240. The van der Waals surface area contributed by atoms with E-state index < -0.39 is 0 Å². The number of benzene rings is 2. The first-order valence-electron chi connectivity index (χ1n) is 9.44. The molecule has 4 nitrogen and oxygen atoms in total. The van der Waals surface area contributed by atoms with Gasteiger partial charge in [-0.15, -0.1) is 0 Å². The Morgan fingerprint density at radius 3 is 2.76 bits per heavy atom. The average molecular weight is 399 g/mol. The van der Waals surface area contributed by atoms with Crippen LogP contribution in [-0.4, -0.2) is 12.0 Å². The molecule has 5 rings (SSSR count). The Kier molecular flexibility index (Phi) is 4.45. The first-order valence-corrected chi connectivity index (χ1v) is 10.3. The molecule has 0 spiro atoms. The van der Waals surface area contributed by atoms with Crippen molar-refractivity contribution >= 4 is 34.6 Å². The highest BCUT2D eigenvalue weighted by Crippen LogP contribution is 2.44. The molecule has 0 saturated carbocycles. The number of thioether (sulfide) groups is 1. The fourth-order valence-electron chi connectivity index (χ4n) is 3.38. The van der Waals surface area contributed by atoms with Crippen LogP contribution in [0.15, 0.2) is 93.4 Å². The van der Waals surface area contributed by atoms with Gasteiger partial charge in [0, 0.05) is 35.7 Å². The molecule has 1 aliphatic heterocycles. The highest BCUT2D eigenvalue weighted by atomic mass is 32.2. The van der Waals surface area contributed by atoms with Gasteiger partial charge in [0.25, 0.3) is 0 Å². The zero-order valence-electron chi connectivity index (χ0n) is 16.2. The Hall–Kier alpha value is -3.31. The van der Waals surface area contributed by atoms with Gasteiger partial charge < -0.3 is 9.32 Å². The van der Waals surface area contributed by atoms with E-state index in [1.807, 2.05) is 43.6 Å². The van der Waals surface area contributed by atoms with E-state index >= 15 is 0 Å². The molecule has 3 heterocycles. The minimum Gasteiger partial charge on any atom is -0.436 e. The van der Waals surface area contributed by atoms with Crippen LogP contribution in [-0.2, 0) is 7.05 Å². The van der Waals surface area contributed by atoms with Crippen molar-refractivity contribution in [2.45, 2.75) is 4.90 Å². The molecule has 0 amide bonds. The second kappa shape index (κ2) is 7.26. The quantitative estimate of drug-likeness (QED) is 0.432. The number of aryl methyl sites for hydroxylation is 1. The van der Waals surface area contributed by atoms with Gasteiger partial charge in [-0.25, -0.2) is 9.55 Å². The van der Waals surface area contributed by atoms with Crippen LogP contribution in [0.3, 0.4) is 0 Å². The maximum absolute atomic E-state index is 5.92. The molecule has 1 aliphatic rings. The van der Waals surface area contributed by atoms with Gasteiger partial charge in [0.2, 0.25) is 11.6 Å². The van der Waals surface area contributed by atoms with Gasteiger partial charge in [0.1, 0.15) is 12.6 Å². The summed E-state index contributed by atoms with van der Waals surface area (Å²) in [7, 11) is 4.14. The second-order valence-corrected chi connectivity index (χ2v) is 7.99. The molecular formula is C24H20N3OS+. The molecule has 5 heteroatoms. The third kappa shape index (κ3) is 3.34. The lowest BCUT2D eigenvalue weighted by Crippen LogP contribution is -2.30. The molecule has 0 saturated heterocycles. The lowest BCUT2D eigenvalue weighted by atomic mass is 10.2. The first kappa shape index (κ1) is 17.8. The largest absolute Gasteiger partial charge is 0.436 e. The van der Waals surface area contributed by atoms with Gasteiger partial charge in [0.15, 0.2) is 11.8 Å². The van der Waals surface area contributed by atoms with Crippen LogP contribution < -0.4 is 9.47 Å². The van der Waals surface area contributed by atoms with Crippen molar-refractivity contribution in [3.63, 3.8) is 0 Å². The summed E-state index contributed by atoms with van der Waals surface area (Å²) in [4.78, 5) is 8.12. The molecule has 0 aliphatic carbocycles. The summed E-state index contributed by atoms with van der Waals surface area (Å²) >= 11 is 1.79. The lowest BCUT2D eigenvalue weighted by Gasteiger charge is -2.12. The lowest BCUT2D eigenvalue weighted by molar-refractivity contribution is -0.673. The molecule has 0 N–H and O–H groups in total. The van der Waals surface area contributed by atoms with Gasteiger partial charge in [-0.05, 0) is 30.3 Å². The maximum atomic E-state index is 5.92. The number of fused-ring (bicyclic) bond motifs is 2. The van der Waals surface area contributed by atoms with Crippen molar-refractivity contribution in [1.82, 2.24) is 4.98 Å². The summed E-state index contributed by atoms with van der Waals surface area (Å²) in [5, 5.41) is 1.21. The van der Waals surface area contributed by atoms with Crippen molar-refractivity contribution < 1.29 is 8.98 Å². The van der Waals surface area contributed by atoms with Crippen LogP contribution in [0.4, 0.5) is 5.69 Å². The van der Waals surface area contributed by atoms with E-state index in [1.165, 1.54) is 15.6 Å². The Labute approximate surface area is 173 Å². The number of para-hydroxylation sites is 3. The fraction of sp³-hybridized carbons (Fsp3) is 0.0833. The van der Waals surface area contributed by atoms with Crippen molar-refractivity contribution in [2.24, 2.45) is 7.05 Å². The number of aromatic nitrogens is 2. The number of oxazole rings is 1. The molecule has 142 valence electrons. The summed E-state index contributed by atoms with van der Waals surface area (Å²) in [6, 6.07) is 20.4. The van der Waals surface area contributed by atoms with Gasteiger partial charge in [-0.3, -0.25) is 0 Å². The Balaban J connectivity index is 1.42. The number of anilines is 1. The third-order valence-corrected chi connectivity index (χ3v) is 6.19. The van der Waals surface area contributed by atoms with E-state index in [-0.39, 0.29) is 0 Å². The van der Waals surface area contributed by atoms with Gasteiger partial charge in [-0.1, -0.05) is 42.1 Å². The monoisotopic (exact) mass is 398 g/mol. The van der Waals surface area contributed by atoms with Crippen LogP contribution in [0.5, 0.6) is 0 Å². The minimum absolute atomic E-state index is 0.640. The summed E-state index contributed by atoms with van der Waals surface area (Å²) in [5.74, 6) is 0.640. The van der Waals surface area contributed by atoms with Gasteiger partial charge >= 0.3 is 0 Å². The average Bonchev–Trinajstić information content (AvgIpc) is 3.31. The summed E-state index contributed by atoms with van der Waals surface area (Å²) in [5.41, 5.74) is 4.97. The van der Waals surface area contributed by atoms with E-state index in [9.17, 15) is 0 Å². The molecule has 0 bridgehead atoms. The van der Waals surface area contributed by atoms with Crippen molar-refractivity contribution in [1.29, 1.82) is 0 Å². The standard InChI is InChI=1S/C24H20N3OS/c1-26-15-14-17(24-25-19-9-3-5-11-21(19)28-24)16-18(26)8-7-13-23-27(2)20-10-4-6-12-22(20)29-23/h3-16H,1-2H3/q+1. The van der Waals surface area contributed by atoms with E-state index in [1.54, 1.807) is 11.8 Å². The third-order valence-electron chi connectivity index (χ3n) is 5.01. The summed E-state index contributed by atoms with van der Waals surface area (Å²) in [6.07, 6.45) is 8.38. The number of allylic oxidation sites excluding steroid dienone is 2. The van der Waals surface area contributed by atoms with Crippen LogP contribution in [0.1, 0.15) is 5.69 Å². The molecule has 29 heavy (non-hydrogen) atoms. The zero-order chi connectivity index (χ0) is 19.8. The number of rotatable bonds is 3. The Morgan fingerprint density at radius 2 is 1.90 bits per heavy atom. The number of hydrogen-bond acceptors (Lipinski definition) is 4. The zero-order valence-corrected chi connectivity index (χ0v) is 17.1. The SMILES string of the molecule is CN1/C(=C/C=C\c2cc(-c3nc4ccccc4o3)cc[n+]2C)Sc2ccccc21. The molecule has 2 aromatic heterocycles. The molecule has 0 unspecified atom stereocenters. The first-order chi connectivity index (χ1) is 14.2. The predicted octanol–water partition coefficient (Wildman–Crippen LogP) is 5.42. The van der Waals surface area contributed by atoms with Crippen LogP contribution in [0, 0.1) is 0 Å². The molecule has 0 radical (unpaired) electrons. The maximum Gasteiger partial charge on any atom is 0.227 e. The number of pyridine rings is 1. The van der Waals surface area contributed by atoms with Gasteiger partial charge in [0.05, 0.1) is 10.7 Å². The van der Waals surface area contributed by atoms with E-state index in [4.69, 9.17) is 4.42 Å². The highest BCUT2D eigenvalue weighted by Gasteiger charge is 2.20. The molecule has 4 aromatic rings. The van der Waals surface area contributed by atoms with Crippen molar-refractivity contribution in [3.05, 3.63) is 89.7 Å². The smallest absolute Gasteiger partial charge is 0.227 e. The summed E-state index contributed by atoms with van der Waals surface area (Å²) < 4.78 is 8.00. The van der Waals surface area contributed by atoms with E-state index in [2.05, 4.69) is 70.1 Å². The predicted molar refractivity (Wildman–Crippen MR) is 118 cm³/mol. The van der Waals surface area contributed by atoms with Gasteiger partial charge in [-0.2, -0.15) is 0 Å². The molecular weight excluding hydrogens is 378 g/mol. The molecule has 0 atom stereocenters. The van der Waals surface area contributed by atoms with Crippen LogP contribution in [0.25, 0.3) is 28.6 Å². The van der Waals surface area contributed by atoms with Crippen molar-refractivity contribution in [3.8, 4) is 11.5 Å². The molecule has 0 fully saturated rings. The van der Waals surface area contributed by atoms with Crippen LogP contribution in [0.2, 0.25) is 0 Å². The van der Waals surface area contributed by atoms with Crippen molar-refractivity contribution in [2.75, 3.05) is 11.9 Å². The number of hydrogen-bond donors (Lipinski definition) is 0. The second-order valence-electron chi connectivity index (χ2n) is 6.93. The van der Waals surface area contributed by atoms with Crippen LogP contribution >= 0.6 is 11.8 Å². The molecule has 2 aromatic carbocycles. The van der Waals surface area contributed by atoms with E-state index in [0.29, 0.717) is 5.89 Å². The Morgan fingerprint density at radius 1 is 1.07 bits per heavy atom. The van der Waals surface area contributed by atoms with E-state index in [0.717, 1.165) is 22.4 Å². The normalized spacial score (nSPS) is 15.0. The minimum atomic E-state index is 0.640. The topological polar surface area (TPSA) is 33.2 Å².